The molecule has 0 bridgehead atoms. The number of hydrogen-bond acceptors (Lipinski definition) is 6. The number of benzene rings is 2. The molecule has 27 heavy (non-hydrogen) atoms. The molecule has 6 nitrogen and oxygen atoms in total. The third-order valence-electron chi connectivity index (χ3n) is 3.51. The van der Waals surface area contributed by atoms with Crippen LogP contribution in [0.3, 0.4) is 0 Å². The Balaban J connectivity index is 2.04. The van der Waals surface area contributed by atoms with Crippen LogP contribution in [-0.4, -0.2) is 37.8 Å². The van der Waals surface area contributed by atoms with Crippen LogP contribution >= 0.6 is 23.4 Å². The second-order valence-electron chi connectivity index (χ2n) is 5.41. The van der Waals surface area contributed by atoms with Gasteiger partial charge in [0.25, 0.3) is 0 Å². The van der Waals surface area contributed by atoms with Gasteiger partial charge in [-0.2, -0.15) is 0 Å². The van der Waals surface area contributed by atoms with Crippen LogP contribution in [-0.2, 0) is 20.0 Å². The summed E-state index contributed by atoms with van der Waals surface area (Å²) in [6.07, 6.45) is 0. The average molecular weight is 408 g/mol. The Hall–Kier alpha value is -2.51. The molecule has 0 unspecified atom stereocenters. The van der Waals surface area contributed by atoms with Crippen molar-refractivity contribution in [2.24, 2.45) is 0 Å². The lowest BCUT2D eigenvalue weighted by molar-refractivity contribution is -0.113. The molecule has 2 aromatic carbocycles. The zero-order chi connectivity index (χ0) is 19.8. The van der Waals surface area contributed by atoms with Gasteiger partial charge in [-0.05, 0) is 29.8 Å². The Morgan fingerprint density at radius 2 is 1.59 bits per heavy atom. The minimum Gasteiger partial charge on any atom is -0.465 e. The Morgan fingerprint density at radius 1 is 1.00 bits per heavy atom. The van der Waals surface area contributed by atoms with E-state index in [1.807, 2.05) is 18.2 Å². The van der Waals surface area contributed by atoms with Crippen molar-refractivity contribution in [2.75, 3.05) is 25.3 Å². The molecule has 0 atom stereocenters. The topological polar surface area (TPSA) is 81.7 Å². The minimum absolute atomic E-state index is 0.138. The van der Waals surface area contributed by atoms with Gasteiger partial charge < -0.3 is 14.8 Å². The van der Waals surface area contributed by atoms with Crippen molar-refractivity contribution in [3.8, 4) is 0 Å². The van der Waals surface area contributed by atoms with E-state index in [2.05, 4.69) is 14.8 Å². The van der Waals surface area contributed by atoms with Crippen LogP contribution in [0.25, 0.3) is 0 Å². The minimum atomic E-state index is -0.621. The van der Waals surface area contributed by atoms with Gasteiger partial charge >= 0.3 is 11.9 Å². The van der Waals surface area contributed by atoms with Gasteiger partial charge in [0, 0.05) is 16.5 Å². The number of esters is 2. The van der Waals surface area contributed by atoms with Crippen LogP contribution < -0.4 is 5.32 Å². The fourth-order valence-corrected chi connectivity index (χ4v) is 3.35. The number of ether oxygens (including phenoxy) is 2. The molecule has 2 aromatic rings. The Kier molecular flexibility index (Phi) is 7.69. The Bertz CT molecular complexity index is 821. The molecule has 1 amide bonds. The van der Waals surface area contributed by atoms with E-state index >= 15 is 0 Å². The van der Waals surface area contributed by atoms with Crippen molar-refractivity contribution in [2.45, 2.75) is 5.75 Å². The van der Waals surface area contributed by atoms with E-state index in [1.54, 1.807) is 6.07 Å². The van der Waals surface area contributed by atoms with Crippen LogP contribution in [0.2, 0.25) is 5.02 Å². The summed E-state index contributed by atoms with van der Waals surface area (Å²) in [6.45, 7) is 0. The van der Waals surface area contributed by atoms with E-state index in [4.69, 9.17) is 11.6 Å². The first-order chi connectivity index (χ1) is 12.9. The smallest absolute Gasteiger partial charge is 0.337 e. The highest BCUT2D eigenvalue weighted by Crippen LogP contribution is 2.21. The number of nitrogens with one attached hydrogen (secondary N) is 1. The molecule has 0 radical (unpaired) electrons. The number of anilines is 1. The summed E-state index contributed by atoms with van der Waals surface area (Å²) >= 11 is 7.49. The predicted molar refractivity (Wildman–Crippen MR) is 105 cm³/mol. The summed E-state index contributed by atoms with van der Waals surface area (Å²) in [5.41, 5.74) is 1.53. The normalized spacial score (nSPS) is 10.2. The molecule has 0 spiro atoms. The van der Waals surface area contributed by atoms with Gasteiger partial charge in [0.2, 0.25) is 5.91 Å². The first kappa shape index (κ1) is 20.8. The summed E-state index contributed by atoms with van der Waals surface area (Å²) < 4.78 is 9.34. The fourth-order valence-electron chi connectivity index (χ4n) is 2.24. The van der Waals surface area contributed by atoms with Crippen LogP contribution in [0.5, 0.6) is 0 Å². The molecule has 0 aliphatic heterocycles. The number of carbonyl (C=O) groups is 3. The first-order valence-corrected chi connectivity index (χ1v) is 9.40. The van der Waals surface area contributed by atoms with Crippen LogP contribution in [0.4, 0.5) is 5.69 Å². The second-order valence-corrected chi connectivity index (χ2v) is 6.81. The quantitative estimate of drug-likeness (QED) is 0.703. The van der Waals surface area contributed by atoms with Crippen molar-refractivity contribution in [3.63, 3.8) is 0 Å². The molecule has 8 heteroatoms. The summed E-state index contributed by atoms with van der Waals surface area (Å²) in [5, 5.41) is 3.32. The third-order valence-corrected chi connectivity index (χ3v) is 4.86. The molecule has 0 aliphatic carbocycles. The number of rotatable bonds is 7. The van der Waals surface area contributed by atoms with Gasteiger partial charge in [-0.25, -0.2) is 9.59 Å². The zero-order valence-corrected chi connectivity index (χ0v) is 16.4. The highest BCUT2D eigenvalue weighted by atomic mass is 35.5. The fraction of sp³-hybridized carbons (Fsp3) is 0.211. The Morgan fingerprint density at radius 3 is 2.15 bits per heavy atom. The van der Waals surface area contributed by atoms with E-state index in [-0.39, 0.29) is 22.8 Å². The highest BCUT2D eigenvalue weighted by Gasteiger charge is 2.15. The van der Waals surface area contributed by atoms with Crippen molar-refractivity contribution in [1.29, 1.82) is 0 Å². The average Bonchev–Trinajstić information content (AvgIpc) is 2.67. The number of thioether (sulfide) groups is 1. The van der Waals surface area contributed by atoms with Crippen molar-refractivity contribution < 1.29 is 23.9 Å². The van der Waals surface area contributed by atoms with Crippen molar-refractivity contribution in [1.82, 2.24) is 0 Å². The van der Waals surface area contributed by atoms with Gasteiger partial charge in [-0.15, -0.1) is 11.8 Å². The summed E-state index contributed by atoms with van der Waals surface area (Å²) in [6, 6.07) is 11.6. The molecule has 0 fully saturated rings. The standard InChI is InChI=1S/C19H18ClNO5S/c1-25-18(23)13-7-14(19(24)26-2)9-15(8-13)21-17(22)11-27-10-12-5-3-4-6-16(12)20/h3-9H,10-11H2,1-2H3,(H,21,22). The molecule has 0 heterocycles. The molecule has 0 saturated heterocycles. The lowest BCUT2D eigenvalue weighted by Crippen LogP contribution is -2.16. The summed E-state index contributed by atoms with van der Waals surface area (Å²) in [4.78, 5) is 35.7. The maximum Gasteiger partial charge on any atom is 0.337 e. The molecule has 2 rings (SSSR count). The van der Waals surface area contributed by atoms with Crippen molar-refractivity contribution in [3.05, 3.63) is 64.2 Å². The zero-order valence-electron chi connectivity index (χ0n) is 14.8. The Labute approximate surface area is 166 Å². The van der Waals surface area contributed by atoms with Gasteiger partial charge in [0.05, 0.1) is 31.1 Å². The maximum atomic E-state index is 12.2. The van der Waals surface area contributed by atoms with E-state index in [1.165, 1.54) is 44.2 Å². The number of hydrogen-bond donors (Lipinski definition) is 1. The predicted octanol–water partition coefficient (Wildman–Crippen LogP) is 3.79. The molecular formula is C19H18ClNO5S. The maximum absolute atomic E-state index is 12.2. The lowest BCUT2D eigenvalue weighted by atomic mass is 10.1. The molecule has 0 saturated carbocycles. The van der Waals surface area contributed by atoms with E-state index in [9.17, 15) is 14.4 Å². The summed E-state index contributed by atoms with van der Waals surface area (Å²) in [7, 11) is 2.47. The van der Waals surface area contributed by atoms with Gasteiger partial charge in [0.1, 0.15) is 0 Å². The monoisotopic (exact) mass is 407 g/mol. The number of methoxy groups -OCH3 is 2. The van der Waals surface area contributed by atoms with Crippen LogP contribution in [0, 0.1) is 0 Å². The van der Waals surface area contributed by atoms with Crippen molar-refractivity contribution >= 4 is 46.9 Å². The van der Waals surface area contributed by atoms with Crippen LogP contribution in [0.1, 0.15) is 26.3 Å². The van der Waals surface area contributed by atoms with Crippen LogP contribution in [0.15, 0.2) is 42.5 Å². The van der Waals surface area contributed by atoms with Gasteiger partial charge in [-0.3, -0.25) is 4.79 Å². The second kappa shape index (κ2) is 9.99. The highest BCUT2D eigenvalue weighted by molar-refractivity contribution is 7.99. The lowest BCUT2D eigenvalue weighted by Gasteiger charge is -2.10. The number of halogens is 1. The number of amides is 1. The molecular weight excluding hydrogens is 390 g/mol. The number of carbonyl (C=O) groups excluding carboxylic acids is 3. The van der Waals surface area contributed by atoms with E-state index in [0.717, 1.165) is 5.56 Å². The molecule has 0 aliphatic rings. The van der Waals surface area contributed by atoms with E-state index < -0.39 is 11.9 Å². The van der Waals surface area contributed by atoms with E-state index in [0.29, 0.717) is 16.5 Å². The third kappa shape index (κ3) is 6.01. The largest absolute Gasteiger partial charge is 0.465 e. The summed E-state index contributed by atoms with van der Waals surface area (Å²) in [5.74, 6) is -0.747. The van der Waals surface area contributed by atoms with Gasteiger partial charge in [-0.1, -0.05) is 29.8 Å². The molecule has 142 valence electrons. The SMILES string of the molecule is COC(=O)c1cc(NC(=O)CSCc2ccccc2Cl)cc(C(=O)OC)c1. The van der Waals surface area contributed by atoms with Gasteiger partial charge in [0.15, 0.2) is 0 Å². The molecule has 0 aromatic heterocycles. The molecule has 1 N–H and O–H groups in total. The first-order valence-electron chi connectivity index (χ1n) is 7.87.